The van der Waals surface area contributed by atoms with Crippen LogP contribution in [-0.2, 0) is 5.54 Å². The van der Waals surface area contributed by atoms with E-state index in [0.29, 0.717) is 10.7 Å². The zero-order valence-corrected chi connectivity index (χ0v) is 18.2. The standard InChI is InChI=1S/C20H17ClN2OS3/c1-11-4-9-15-14(10-11)16-17(26-27-18(16)25)20(2,3)23(15)19(24)22-13-7-5-12(21)6-8-13/h4-10H,1-3H3,(H,22,24). The Morgan fingerprint density at radius 3 is 2.56 bits per heavy atom. The first kappa shape index (κ1) is 18.6. The summed E-state index contributed by atoms with van der Waals surface area (Å²) < 4.78 is 0.882. The minimum atomic E-state index is -0.508. The molecule has 0 atom stereocenters. The van der Waals surface area contributed by atoms with Crippen molar-refractivity contribution in [1.82, 2.24) is 0 Å². The van der Waals surface area contributed by atoms with E-state index in [4.69, 9.17) is 23.8 Å². The number of aryl methyl sites for hydroxylation is 1. The molecule has 0 saturated carbocycles. The summed E-state index contributed by atoms with van der Waals surface area (Å²) in [6.07, 6.45) is 0. The van der Waals surface area contributed by atoms with E-state index in [1.165, 1.54) is 0 Å². The van der Waals surface area contributed by atoms with E-state index < -0.39 is 5.54 Å². The lowest BCUT2D eigenvalue weighted by molar-refractivity contribution is 0.251. The highest BCUT2D eigenvalue weighted by atomic mass is 35.5. The highest BCUT2D eigenvalue weighted by molar-refractivity contribution is 7.80. The van der Waals surface area contributed by atoms with Crippen LogP contribution >= 0.6 is 44.5 Å². The molecule has 0 fully saturated rings. The number of nitrogens with one attached hydrogen (secondary N) is 1. The Kier molecular flexibility index (Phi) is 4.63. The van der Waals surface area contributed by atoms with Gasteiger partial charge in [-0.05, 0) is 57.2 Å². The number of benzene rings is 2. The van der Waals surface area contributed by atoms with Crippen LogP contribution in [0.2, 0.25) is 5.02 Å². The second-order valence-corrected chi connectivity index (χ2v) is 10.3. The summed E-state index contributed by atoms with van der Waals surface area (Å²) in [5.74, 6) is 0. The number of hydrogen-bond donors (Lipinski definition) is 1. The molecule has 2 aromatic carbocycles. The monoisotopic (exact) mass is 432 g/mol. The van der Waals surface area contributed by atoms with E-state index in [0.717, 1.165) is 31.1 Å². The number of nitrogens with zero attached hydrogens (tertiary/aromatic N) is 1. The fourth-order valence-corrected chi connectivity index (χ4v) is 6.83. The van der Waals surface area contributed by atoms with Crippen molar-refractivity contribution >= 4 is 61.9 Å². The zero-order valence-electron chi connectivity index (χ0n) is 15.0. The Labute approximate surface area is 175 Å². The van der Waals surface area contributed by atoms with E-state index >= 15 is 0 Å². The molecule has 1 aliphatic rings. The topological polar surface area (TPSA) is 32.3 Å². The Balaban J connectivity index is 1.84. The number of carbonyl (C=O) groups excluding carboxylic acids is 1. The van der Waals surface area contributed by atoms with Gasteiger partial charge in [0.25, 0.3) is 0 Å². The maximum Gasteiger partial charge on any atom is 0.327 e. The number of amides is 2. The second kappa shape index (κ2) is 6.71. The molecule has 1 aromatic heterocycles. The molecule has 0 saturated heterocycles. The molecule has 138 valence electrons. The fourth-order valence-electron chi connectivity index (χ4n) is 3.42. The van der Waals surface area contributed by atoms with Crippen molar-refractivity contribution in [2.75, 3.05) is 10.2 Å². The number of rotatable bonds is 1. The van der Waals surface area contributed by atoms with Gasteiger partial charge in [0.05, 0.1) is 16.1 Å². The molecule has 3 nitrogen and oxygen atoms in total. The van der Waals surface area contributed by atoms with Gasteiger partial charge in [-0.3, -0.25) is 4.90 Å². The lowest BCUT2D eigenvalue weighted by Gasteiger charge is -2.42. The number of carbonyl (C=O) groups is 1. The average Bonchev–Trinajstić information content (AvgIpc) is 3.00. The highest BCUT2D eigenvalue weighted by Gasteiger charge is 2.43. The summed E-state index contributed by atoms with van der Waals surface area (Å²) >= 11 is 11.6. The lowest BCUT2D eigenvalue weighted by Crippen LogP contribution is -2.49. The van der Waals surface area contributed by atoms with Crippen LogP contribution in [0.1, 0.15) is 24.3 Å². The molecule has 0 spiro atoms. The van der Waals surface area contributed by atoms with Crippen LogP contribution in [0.25, 0.3) is 11.1 Å². The third kappa shape index (κ3) is 3.10. The maximum atomic E-state index is 13.3. The minimum absolute atomic E-state index is 0.178. The molecule has 0 unspecified atom stereocenters. The van der Waals surface area contributed by atoms with Gasteiger partial charge in [-0.1, -0.05) is 56.1 Å². The number of hydrogen-bond acceptors (Lipinski definition) is 4. The molecule has 0 aliphatic carbocycles. The Morgan fingerprint density at radius 2 is 1.85 bits per heavy atom. The van der Waals surface area contributed by atoms with Crippen molar-refractivity contribution in [3.8, 4) is 11.1 Å². The van der Waals surface area contributed by atoms with Gasteiger partial charge in [-0.25, -0.2) is 4.79 Å². The summed E-state index contributed by atoms with van der Waals surface area (Å²) in [6.45, 7) is 6.18. The summed E-state index contributed by atoms with van der Waals surface area (Å²) in [6, 6.07) is 13.1. The molecule has 2 heterocycles. The number of halogens is 1. The van der Waals surface area contributed by atoms with Crippen LogP contribution in [-0.4, -0.2) is 6.03 Å². The Bertz CT molecular complexity index is 1100. The number of fused-ring (bicyclic) bond motifs is 3. The van der Waals surface area contributed by atoms with E-state index in [1.807, 2.05) is 17.0 Å². The van der Waals surface area contributed by atoms with Crippen molar-refractivity contribution < 1.29 is 4.79 Å². The normalized spacial score (nSPS) is 14.4. The van der Waals surface area contributed by atoms with E-state index in [1.54, 1.807) is 44.9 Å². The van der Waals surface area contributed by atoms with Gasteiger partial charge in [0.2, 0.25) is 0 Å². The van der Waals surface area contributed by atoms with Gasteiger partial charge in [-0.15, -0.1) is 0 Å². The molecule has 27 heavy (non-hydrogen) atoms. The summed E-state index contributed by atoms with van der Waals surface area (Å²) in [7, 11) is 3.25. The molecular weight excluding hydrogens is 416 g/mol. The van der Waals surface area contributed by atoms with E-state index in [2.05, 4.69) is 32.2 Å². The van der Waals surface area contributed by atoms with Crippen LogP contribution in [0.5, 0.6) is 0 Å². The SMILES string of the molecule is Cc1ccc2c(c1)-c1c(ssc1=S)C(C)(C)N2C(=O)Nc1ccc(Cl)cc1. The zero-order chi connectivity index (χ0) is 19.3. The van der Waals surface area contributed by atoms with E-state index in [-0.39, 0.29) is 6.03 Å². The second-order valence-electron chi connectivity index (χ2n) is 7.01. The van der Waals surface area contributed by atoms with Crippen molar-refractivity contribution in [2.45, 2.75) is 26.3 Å². The van der Waals surface area contributed by atoms with Gasteiger partial charge in [0, 0.05) is 21.8 Å². The third-order valence-corrected chi connectivity index (χ3v) is 8.29. The van der Waals surface area contributed by atoms with E-state index in [9.17, 15) is 4.79 Å². The molecule has 3 aromatic rings. The van der Waals surface area contributed by atoms with Gasteiger partial charge < -0.3 is 5.32 Å². The quantitative estimate of drug-likeness (QED) is 0.319. The molecule has 1 aliphatic heterocycles. The molecule has 1 N–H and O–H groups in total. The first-order valence-electron chi connectivity index (χ1n) is 8.40. The average molecular weight is 433 g/mol. The van der Waals surface area contributed by atoms with Crippen molar-refractivity contribution in [3.05, 3.63) is 61.8 Å². The predicted octanol–water partition coefficient (Wildman–Crippen LogP) is 7.46. The molecule has 0 radical (unpaired) electrons. The number of anilines is 2. The smallest absolute Gasteiger partial charge is 0.308 e. The predicted molar refractivity (Wildman–Crippen MR) is 119 cm³/mol. The van der Waals surface area contributed by atoms with Crippen LogP contribution in [0.4, 0.5) is 16.2 Å². The van der Waals surface area contributed by atoms with Crippen molar-refractivity contribution in [1.29, 1.82) is 0 Å². The highest BCUT2D eigenvalue weighted by Crippen LogP contribution is 2.52. The maximum absolute atomic E-state index is 13.3. The summed E-state index contributed by atoms with van der Waals surface area (Å²) in [5.41, 5.74) is 4.34. The summed E-state index contributed by atoms with van der Waals surface area (Å²) in [4.78, 5) is 16.3. The number of urea groups is 1. The first-order valence-corrected chi connectivity index (χ1v) is 11.3. The molecule has 2 amide bonds. The Morgan fingerprint density at radius 1 is 1.15 bits per heavy atom. The van der Waals surface area contributed by atoms with Crippen LogP contribution in [0.15, 0.2) is 42.5 Å². The largest absolute Gasteiger partial charge is 0.327 e. The van der Waals surface area contributed by atoms with Crippen molar-refractivity contribution in [2.24, 2.45) is 0 Å². The minimum Gasteiger partial charge on any atom is -0.308 e. The van der Waals surface area contributed by atoms with Gasteiger partial charge in [0.1, 0.15) is 3.82 Å². The molecular formula is C20H17ClN2OS3. The third-order valence-electron chi connectivity index (χ3n) is 4.71. The molecule has 0 bridgehead atoms. The van der Waals surface area contributed by atoms with Crippen LogP contribution in [0.3, 0.4) is 0 Å². The van der Waals surface area contributed by atoms with Crippen LogP contribution < -0.4 is 10.2 Å². The first-order chi connectivity index (χ1) is 12.8. The molecule has 4 rings (SSSR count). The molecule has 7 heteroatoms. The fraction of sp³-hybridized carbons (Fsp3) is 0.200. The van der Waals surface area contributed by atoms with Gasteiger partial charge in [0.15, 0.2) is 0 Å². The van der Waals surface area contributed by atoms with Gasteiger partial charge in [-0.2, -0.15) is 0 Å². The van der Waals surface area contributed by atoms with Crippen LogP contribution in [0, 0.1) is 10.7 Å². The Hall–Kier alpha value is -1.73. The lowest BCUT2D eigenvalue weighted by atomic mass is 9.87. The van der Waals surface area contributed by atoms with Crippen molar-refractivity contribution in [3.63, 3.8) is 0 Å². The summed E-state index contributed by atoms with van der Waals surface area (Å²) in [5, 5.41) is 3.63. The van der Waals surface area contributed by atoms with Gasteiger partial charge >= 0.3 is 6.03 Å².